The van der Waals surface area contributed by atoms with Crippen LogP contribution in [0.25, 0.3) is 0 Å². The van der Waals surface area contributed by atoms with Gasteiger partial charge in [0.05, 0.1) is 12.7 Å². The quantitative estimate of drug-likeness (QED) is 0.415. The number of ether oxygens (including phenoxy) is 1. The van der Waals surface area contributed by atoms with Crippen LogP contribution in [-0.4, -0.2) is 41.5 Å². The number of carbonyl (C=O) groups is 1. The third-order valence-corrected chi connectivity index (χ3v) is 2.37. The second-order valence-corrected chi connectivity index (χ2v) is 4.38. The predicted octanol–water partition coefficient (Wildman–Crippen LogP) is 1.06. The molecule has 0 N–H and O–H groups in total. The lowest BCUT2D eigenvalue weighted by Crippen LogP contribution is -2.24. The van der Waals surface area contributed by atoms with Crippen LogP contribution in [-0.2, 0) is 9.53 Å². The Hall–Kier alpha value is 0.320. The van der Waals surface area contributed by atoms with Crippen LogP contribution in [0.1, 0.15) is 12.8 Å². The van der Waals surface area contributed by atoms with Gasteiger partial charge in [-0.1, -0.05) is 0 Å². The van der Waals surface area contributed by atoms with E-state index in [0.717, 1.165) is 26.1 Å². The summed E-state index contributed by atoms with van der Waals surface area (Å²) in [6.45, 7) is 2.92. The largest absolute Gasteiger partial charge is 0.372 e. The molecule has 12 heavy (non-hydrogen) atoms. The van der Waals surface area contributed by atoms with Gasteiger partial charge < -0.3 is 9.64 Å². The zero-order chi connectivity index (χ0) is 8.97. The van der Waals surface area contributed by atoms with E-state index in [4.69, 9.17) is 4.74 Å². The van der Waals surface area contributed by atoms with Gasteiger partial charge in [0.15, 0.2) is 3.79 Å². The van der Waals surface area contributed by atoms with Crippen LogP contribution in [0.3, 0.4) is 0 Å². The number of halogens is 1. The van der Waals surface area contributed by atoms with Gasteiger partial charge in [-0.2, -0.15) is 0 Å². The van der Waals surface area contributed by atoms with E-state index < -0.39 is 0 Å². The molecular formula is C8H14INO2. The molecule has 1 unspecified atom stereocenters. The van der Waals surface area contributed by atoms with Crippen molar-refractivity contribution in [1.82, 2.24) is 4.90 Å². The summed E-state index contributed by atoms with van der Waals surface area (Å²) in [6, 6.07) is 0. The second-order valence-electron chi connectivity index (χ2n) is 3.18. The number of likely N-dealkylation sites (N-methyl/N-ethyl adjacent to an activating group) is 1. The topological polar surface area (TPSA) is 32.8 Å². The van der Waals surface area contributed by atoms with Crippen LogP contribution in [0.4, 0.5) is 0 Å². The summed E-state index contributed by atoms with van der Waals surface area (Å²) in [6.07, 6.45) is 2.12. The van der Waals surface area contributed by atoms with E-state index in [2.05, 4.69) is 11.9 Å². The van der Waals surface area contributed by atoms with Crippen molar-refractivity contribution in [3.63, 3.8) is 0 Å². The molecule has 1 atom stereocenters. The Kier molecular flexibility index (Phi) is 4.45. The molecule has 1 aliphatic heterocycles. The lowest BCUT2D eigenvalue weighted by molar-refractivity contribution is -0.109. The van der Waals surface area contributed by atoms with E-state index in [1.807, 2.05) is 22.6 Å². The van der Waals surface area contributed by atoms with Gasteiger partial charge in [-0.25, -0.2) is 0 Å². The molecule has 0 aromatic carbocycles. The fourth-order valence-corrected chi connectivity index (χ4v) is 1.48. The van der Waals surface area contributed by atoms with Crippen molar-refractivity contribution in [2.75, 3.05) is 26.7 Å². The molecule has 0 aromatic rings. The maximum atomic E-state index is 10.6. The second kappa shape index (κ2) is 5.14. The van der Waals surface area contributed by atoms with Gasteiger partial charge in [0, 0.05) is 13.0 Å². The third kappa shape index (κ3) is 5.05. The van der Waals surface area contributed by atoms with Gasteiger partial charge in [0.1, 0.15) is 0 Å². The van der Waals surface area contributed by atoms with Gasteiger partial charge in [-0.3, -0.25) is 4.79 Å². The molecule has 3 nitrogen and oxygen atoms in total. The Morgan fingerprint density at radius 3 is 2.92 bits per heavy atom. The maximum absolute atomic E-state index is 10.6. The number of epoxide rings is 1. The van der Waals surface area contributed by atoms with Crippen LogP contribution in [0.5, 0.6) is 0 Å². The number of nitrogens with zero attached hydrogens (tertiary/aromatic N) is 1. The van der Waals surface area contributed by atoms with Crippen LogP contribution in [0, 0.1) is 0 Å². The summed E-state index contributed by atoms with van der Waals surface area (Å²) in [7, 11) is 2.07. The summed E-state index contributed by atoms with van der Waals surface area (Å²) in [5.74, 6) is 0. The summed E-state index contributed by atoms with van der Waals surface area (Å²) < 4.78 is 5.35. The summed E-state index contributed by atoms with van der Waals surface area (Å²) in [5.41, 5.74) is 0. The van der Waals surface area contributed by atoms with Crippen LogP contribution >= 0.6 is 22.6 Å². The molecular weight excluding hydrogens is 269 g/mol. The first kappa shape index (κ1) is 10.4. The smallest absolute Gasteiger partial charge is 0.192 e. The maximum Gasteiger partial charge on any atom is 0.192 e. The molecule has 1 aliphatic rings. The Labute approximate surface area is 86.6 Å². The number of hydrogen-bond acceptors (Lipinski definition) is 3. The van der Waals surface area contributed by atoms with Gasteiger partial charge in [-0.15, -0.1) is 0 Å². The highest BCUT2D eigenvalue weighted by atomic mass is 127. The minimum atomic E-state index is 0.253. The number of rotatable bonds is 6. The first-order valence-corrected chi connectivity index (χ1v) is 5.25. The van der Waals surface area contributed by atoms with Crippen molar-refractivity contribution in [3.8, 4) is 0 Å². The van der Waals surface area contributed by atoms with Crippen molar-refractivity contribution in [2.45, 2.75) is 18.9 Å². The zero-order valence-corrected chi connectivity index (χ0v) is 9.41. The van der Waals surface area contributed by atoms with Crippen molar-refractivity contribution in [3.05, 3.63) is 0 Å². The van der Waals surface area contributed by atoms with Gasteiger partial charge >= 0.3 is 0 Å². The summed E-state index contributed by atoms with van der Waals surface area (Å²) >= 11 is 1.84. The highest BCUT2D eigenvalue weighted by Crippen LogP contribution is 2.10. The molecule has 1 saturated heterocycles. The minimum Gasteiger partial charge on any atom is -0.372 e. The SMILES string of the molecule is CN(CCCC(=O)I)CC1CO1. The van der Waals surface area contributed by atoms with E-state index in [0.29, 0.717) is 12.5 Å². The number of hydrogen-bond donors (Lipinski definition) is 0. The van der Waals surface area contributed by atoms with Crippen molar-refractivity contribution in [2.24, 2.45) is 0 Å². The van der Waals surface area contributed by atoms with Crippen molar-refractivity contribution >= 4 is 26.4 Å². The average molecular weight is 283 g/mol. The lowest BCUT2D eigenvalue weighted by Gasteiger charge is -2.13. The highest BCUT2D eigenvalue weighted by Gasteiger charge is 2.23. The normalized spacial score (nSPS) is 21.4. The van der Waals surface area contributed by atoms with Gasteiger partial charge in [-0.05, 0) is 42.6 Å². The molecule has 0 saturated carbocycles. The van der Waals surface area contributed by atoms with Crippen LogP contribution < -0.4 is 0 Å². The molecule has 1 rings (SSSR count). The molecule has 4 heteroatoms. The van der Waals surface area contributed by atoms with Crippen LogP contribution in [0.15, 0.2) is 0 Å². The minimum absolute atomic E-state index is 0.253. The Morgan fingerprint density at radius 1 is 1.75 bits per heavy atom. The van der Waals surface area contributed by atoms with E-state index in [9.17, 15) is 4.79 Å². The molecule has 70 valence electrons. The third-order valence-electron chi connectivity index (χ3n) is 1.83. The first-order chi connectivity index (χ1) is 5.68. The standard InChI is InChI=1S/C8H14INO2/c1-10(5-7-6-12-7)4-2-3-8(9)11/h7H,2-6H2,1H3. The summed E-state index contributed by atoms with van der Waals surface area (Å²) in [5, 5.41) is 0. The Bertz CT molecular complexity index is 159. The fraction of sp³-hybridized carbons (Fsp3) is 0.875. The molecule has 1 fully saturated rings. The predicted molar refractivity (Wildman–Crippen MR) is 55.5 cm³/mol. The molecule has 0 aromatic heterocycles. The molecule has 0 aliphatic carbocycles. The fourth-order valence-electron chi connectivity index (χ4n) is 1.10. The van der Waals surface area contributed by atoms with Crippen molar-refractivity contribution in [1.29, 1.82) is 0 Å². The molecule has 0 spiro atoms. The molecule has 0 radical (unpaired) electrons. The van der Waals surface area contributed by atoms with E-state index >= 15 is 0 Å². The first-order valence-electron chi connectivity index (χ1n) is 4.17. The average Bonchev–Trinajstić information content (AvgIpc) is 2.70. The van der Waals surface area contributed by atoms with Crippen LogP contribution in [0.2, 0.25) is 0 Å². The van der Waals surface area contributed by atoms with Gasteiger partial charge in [0.2, 0.25) is 0 Å². The molecule has 0 amide bonds. The molecule has 1 heterocycles. The Morgan fingerprint density at radius 2 is 2.42 bits per heavy atom. The van der Waals surface area contributed by atoms with E-state index in [-0.39, 0.29) is 3.79 Å². The monoisotopic (exact) mass is 283 g/mol. The highest BCUT2D eigenvalue weighted by molar-refractivity contribution is 14.1. The van der Waals surface area contributed by atoms with Crippen molar-refractivity contribution < 1.29 is 9.53 Å². The molecule has 0 bridgehead atoms. The van der Waals surface area contributed by atoms with E-state index in [1.54, 1.807) is 0 Å². The van der Waals surface area contributed by atoms with Gasteiger partial charge in [0.25, 0.3) is 0 Å². The van der Waals surface area contributed by atoms with E-state index in [1.165, 1.54) is 0 Å². The summed E-state index contributed by atoms with van der Waals surface area (Å²) in [4.78, 5) is 12.8. The zero-order valence-electron chi connectivity index (χ0n) is 7.25. The Balaban J connectivity index is 1.93. The number of carbonyl (C=O) groups excluding carboxylic acids is 1. The lowest BCUT2D eigenvalue weighted by atomic mass is 10.3.